The third kappa shape index (κ3) is 5.97. The molecule has 1 aliphatic heterocycles. The molecule has 0 aromatic rings. The van der Waals surface area contributed by atoms with Gasteiger partial charge in [0.25, 0.3) is 0 Å². The van der Waals surface area contributed by atoms with E-state index in [4.69, 9.17) is 4.74 Å². The summed E-state index contributed by atoms with van der Waals surface area (Å²) in [5.74, 6) is 0. The van der Waals surface area contributed by atoms with Gasteiger partial charge in [-0.05, 0) is 19.8 Å². The summed E-state index contributed by atoms with van der Waals surface area (Å²) in [7, 11) is 0. The quantitative estimate of drug-likeness (QED) is 0.731. The summed E-state index contributed by atoms with van der Waals surface area (Å²) in [4.78, 5) is 2.28. The van der Waals surface area contributed by atoms with Crippen molar-refractivity contribution >= 4 is 0 Å². The summed E-state index contributed by atoms with van der Waals surface area (Å²) in [6, 6.07) is 0.397. The number of piperazine rings is 1. The predicted octanol–water partition coefficient (Wildman–Crippen LogP) is 2.81. The molecule has 0 spiro atoms. The predicted molar refractivity (Wildman–Crippen MR) is 73.8 cm³/mol. The number of alkyl halides is 3. The maximum absolute atomic E-state index is 12.0. The van der Waals surface area contributed by atoms with Crippen LogP contribution in [0.3, 0.4) is 0 Å². The van der Waals surface area contributed by atoms with E-state index in [1.807, 2.05) is 0 Å². The Labute approximate surface area is 119 Å². The molecule has 0 aliphatic carbocycles. The molecule has 3 nitrogen and oxygen atoms in total. The molecule has 2 unspecified atom stereocenters. The highest BCUT2D eigenvalue weighted by Gasteiger charge is 2.34. The van der Waals surface area contributed by atoms with Gasteiger partial charge in [0, 0.05) is 31.2 Å². The molecular weight excluding hydrogens is 269 g/mol. The summed E-state index contributed by atoms with van der Waals surface area (Å²) < 4.78 is 40.9. The Hall–Kier alpha value is -0.330. The lowest BCUT2D eigenvalue weighted by atomic mass is 9.92. The standard InChI is InChI=1S/C14H27F3N2O/c1-4-6-12-9-18-13(3,5-2)10-19(12)7-8-20-11-14(15,16)17/h12,18H,4-11H2,1-3H3. The summed E-state index contributed by atoms with van der Waals surface area (Å²) in [6.45, 7) is 7.75. The monoisotopic (exact) mass is 296 g/mol. The number of rotatable bonds is 7. The molecule has 120 valence electrons. The van der Waals surface area contributed by atoms with E-state index in [9.17, 15) is 13.2 Å². The van der Waals surface area contributed by atoms with E-state index >= 15 is 0 Å². The normalized spacial score (nSPS) is 28.8. The Morgan fingerprint density at radius 2 is 2.05 bits per heavy atom. The van der Waals surface area contributed by atoms with E-state index in [-0.39, 0.29) is 12.1 Å². The van der Waals surface area contributed by atoms with Crippen LogP contribution in [-0.4, -0.2) is 55.5 Å². The van der Waals surface area contributed by atoms with Gasteiger partial charge < -0.3 is 10.1 Å². The average molecular weight is 296 g/mol. The molecule has 0 amide bonds. The highest BCUT2D eigenvalue weighted by Crippen LogP contribution is 2.21. The van der Waals surface area contributed by atoms with Crippen LogP contribution in [0.1, 0.15) is 40.0 Å². The van der Waals surface area contributed by atoms with Crippen LogP contribution in [0.5, 0.6) is 0 Å². The second-order valence-corrected chi connectivity index (χ2v) is 5.88. The zero-order valence-corrected chi connectivity index (χ0v) is 12.7. The molecule has 1 saturated heterocycles. The van der Waals surface area contributed by atoms with Gasteiger partial charge in [0.1, 0.15) is 6.61 Å². The Kier molecular flexibility index (Phi) is 6.75. The number of ether oxygens (including phenoxy) is 1. The number of nitrogens with zero attached hydrogens (tertiary/aromatic N) is 1. The third-order valence-electron chi connectivity index (χ3n) is 4.02. The summed E-state index contributed by atoms with van der Waals surface area (Å²) in [5, 5.41) is 3.56. The lowest BCUT2D eigenvalue weighted by molar-refractivity contribution is -0.175. The van der Waals surface area contributed by atoms with Crippen molar-refractivity contribution in [3.05, 3.63) is 0 Å². The molecule has 0 radical (unpaired) electrons. The smallest absolute Gasteiger partial charge is 0.371 e. The van der Waals surface area contributed by atoms with Gasteiger partial charge in [-0.2, -0.15) is 13.2 Å². The lowest BCUT2D eigenvalue weighted by Gasteiger charge is -2.46. The SMILES string of the molecule is CCCC1CNC(C)(CC)CN1CCOCC(F)(F)F. The van der Waals surface area contributed by atoms with Crippen LogP contribution in [0.4, 0.5) is 13.2 Å². The molecular formula is C14H27F3N2O. The summed E-state index contributed by atoms with van der Waals surface area (Å²) >= 11 is 0. The van der Waals surface area contributed by atoms with Crippen LogP contribution < -0.4 is 5.32 Å². The third-order valence-corrected chi connectivity index (χ3v) is 4.02. The van der Waals surface area contributed by atoms with Crippen LogP contribution in [0.15, 0.2) is 0 Å². The van der Waals surface area contributed by atoms with E-state index in [0.29, 0.717) is 12.6 Å². The fourth-order valence-corrected chi connectivity index (χ4v) is 2.61. The molecule has 6 heteroatoms. The van der Waals surface area contributed by atoms with Gasteiger partial charge in [0.15, 0.2) is 0 Å². The van der Waals surface area contributed by atoms with Crippen LogP contribution >= 0.6 is 0 Å². The number of halogens is 3. The first-order valence-electron chi connectivity index (χ1n) is 7.43. The van der Waals surface area contributed by atoms with E-state index in [1.54, 1.807) is 0 Å². The van der Waals surface area contributed by atoms with Crippen molar-refractivity contribution in [1.29, 1.82) is 0 Å². The molecule has 2 atom stereocenters. The van der Waals surface area contributed by atoms with Crippen molar-refractivity contribution in [2.24, 2.45) is 0 Å². The lowest BCUT2D eigenvalue weighted by Crippen LogP contribution is -2.63. The van der Waals surface area contributed by atoms with Crippen molar-refractivity contribution in [3.63, 3.8) is 0 Å². The number of hydrogen-bond donors (Lipinski definition) is 1. The van der Waals surface area contributed by atoms with Crippen molar-refractivity contribution in [2.45, 2.75) is 57.8 Å². The Balaban J connectivity index is 2.44. The first-order chi connectivity index (χ1) is 9.29. The highest BCUT2D eigenvalue weighted by atomic mass is 19.4. The van der Waals surface area contributed by atoms with Crippen LogP contribution in [-0.2, 0) is 4.74 Å². The molecule has 0 aromatic heterocycles. The fraction of sp³-hybridized carbons (Fsp3) is 1.00. The second-order valence-electron chi connectivity index (χ2n) is 5.88. The number of hydrogen-bond acceptors (Lipinski definition) is 3. The van der Waals surface area contributed by atoms with Gasteiger partial charge in [0.2, 0.25) is 0 Å². The molecule has 1 N–H and O–H groups in total. The zero-order valence-electron chi connectivity index (χ0n) is 12.7. The van der Waals surface area contributed by atoms with E-state index in [2.05, 4.69) is 31.0 Å². The summed E-state index contributed by atoms with van der Waals surface area (Å²) in [6.07, 6.45) is -1.09. The molecule has 1 fully saturated rings. The first kappa shape index (κ1) is 17.7. The molecule has 0 saturated carbocycles. The Bertz CT molecular complexity index is 286. The van der Waals surface area contributed by atoms with Gasteiger partial charge in [-0.15, -0.1) is 0 Å². The molecule has 0 aromatic carbocycles. The molecule has 20 heavy (non-hydrogen) atoms. The van der Waals surface area contributed by atoms with Crippen molar-refractivity contribution < 1.29 is 17.9 Å². The Morgan fingerprint density at radius 1 is 1.35 bits per heavy atom. The minimum atomic E-state index is -4.23. The average Bonchev–Trinajstić information content (AvgIpc) is 2.37. The van der Waals surface area contributed by atoms with E-state index < -0.39 is 12.8 Å². The van der Waals surface area contributed by atoms with E-state index in [0.717, 1.165) is 32.4 Å². The topological polar surface area (TPSA) is 24.5 Å². The van der Waals surface area contributed by atoms with Crippen LogP contribution in [0, 0.1) is 0 Å². The van der Waals surface area contributed by atoms with Gasteiger partial charge in [-0.1, -0.05) is 20.3 Å². The van der Waals surface area contributed by atoms with Crippen LogP contribution in [0.25, 0.3) is 0 Å². The minimum absolute atomic E-state index is 0.0499. The molecule has 1 heterocycles. The van der Waals surface area contributed by atoms with Gasteiger partial charge in [0.05, 0.1) is 6.61 Å². The van der Waals surface area contributed by atoms with Gasteiger partial charge in [-0.25, -0.2) is 0 Å². The Morgan fingerprint density at radius 3 is 2.60 bits per heavy atom. The molecule has 1 aliphatic rings. The fourth-order valence-electron chi connectivity index (χ4n) is 2.61. The van der Waals surface area contributed by atoms with Gasteiger partial charge >= 0.3 is 6.18 Å². The number of nitrogens with one attached hydrogen (secondary N) is 1. The van der Waals surface area contributed by atoms with Crippen LogP contribution in [0.2, 0.25) is 0 Å². The zero-order chi connectivity index (χ0) is 15.2. The maximum atomic E-state index is 12.0. The molecule has 1 rings (SSSR count). The maximum Gasteiger partial charge on any atom is 0.411 e. The van der Waals surface area contributed by atoms with E-state index in [1.165, 1.54) is 0 Å². The van der Waals surface area contributed by atoms with Gasteiger partial charge in [-0.3, -0.25) is 4.90 Å². The van der Waals surface area contributed by atoms with Crippen molar-refractivity contribution in [3.8, 4) is 0 Å². The van der Waals surface area contributed by atoms with Crippen molar-refractivity contribution in [2.75, 3.05) is 32.8 Å². The first-order valence-corrected chi connectivity index (χ1v) is 7.43. The highest BCUT2D eigenvalue weighted by molar-refractivity contribution is 4.94. The second kappa shape index (κ2) is 7.61. The summed E-state index contributed by atoms with van der Waals surface area (Å²) in [5.41, 5.74) is 0.0499. The molecule has 0 bridgehead atoms. The minimum Gasteiger partial charge on any atom is -0.371 e. The largest absolute Gasteiger partial charge is 0.411 e. The van der Waals surface area contributed by atoms with Crippen molar-refractivity contribution in [1.82, 2.24) is 10.2 Å².